The number of piperazine rings is 1. The number of piperidine rings is 1. The van der Waals surface area contributed by atoms with Gasteiger partial charge in [-0.1, -0.05) is 23.2 Å². The van der Waals surface area contributed by atoms with Crippen LogP contribution in [0.5, 0.6) is 0 Å². The van der Waals surface area contributed by atoms with Gasteiger partial charge < -0.3 is 35.2 Å². The fraction of sp³-hybridized carbons (Fsp3) is 0.531. The first-order chi connectivity index (χ1) is 23.9. The summed E-state index contributed by atoms with van der Waals surface area (Å²) >= 11 is 12.0. The second-order valence-electron chi connectivity index (χ2n) is 12.5. The van der Waals surface area contributed by atoms with Crippen LogP contribution < -0.4 is 15.5 Å². The molecule has 18 heteroatoms. The van der Waals surface area contributed by atoms with Crippen LogP contribution in [0.3, 0.4) is 0 Å². The van der Waals surface area contributed by atoms with E-state index in [4.69, 9.17) is 27.9 Å². The minimum atomic E-state index is -4.16. The molecule has 15 nitrogen and oxygen atoms in total. The number of pyridine rings is 1. The number of nitrogens with one attached hydrogen (secondary N) is 2. The maximum Gasteiger partial charge on any atom is 0.409 e. The molecular formula is C32H41Cl2N7O8S. The van der Waals surface area contributed by atoms with Crippen molar-refractivity contribution < 1.29 is 37.4 Å². The minimum absolute atomic E-state index is 0.0578. The van der Waals surface area contributed by atoms with Crippen molar-refractivity contribution in [3.05, 3.63) is 52.8 Å². The number of hydrogen-bond donors (Lipinski definition) is 3. The molecule has 50 heavy (non-hydrogen) atoms. The monoisotopic (exact) mass is 753 g/mol. The normalized spacial score (nSPS) is 19.6. The van der Waals surface area contributed by atoms with Gasteiger partial charge >= 0.3 is 18.1 Å². The third kappa shape index (κ3) is 9.47. The second kappa shape index (κ2) is 16.9. The van der Waals surface area contributed by atoms with Crippen LogP contribution in [0.1, 0.15) is 32.1 Å². The summed E-state index contributed by atoms with van der Waals surface area (Å²) < 4.78 is 33.2. The smallest absolute Gasteiger partial charge is 0.409 e. The van der Waals surface area contributed by atoms with Gasteiger partial charge in [-0.15, -0.1) is 0 Å². The maximum absolute atomic E-state index is 13.3. The van der Waals surface area contributed by atoms with E-state index in [1.807, 2.05) is 12.1 Å². The molecule has 0 radical (unpaired) electrons. The number of benzene rings is 1. The number of ether oxygens (including phenoxy) is 1. The Bertz CT molecular complexity index is 1620. The highest BCUT2D eigenvalue weighted by Gasteiger charge is 2.41. The van der Waals surface area contributed by atoms with E-state index in [-0.39, 0.29) is 46.5 Å². The molecule has 3 fully saturated rings. The average molecular weight is 755 g/mol. The number of carbonyl (C=O) groups is 4. The minimum Gasteiger partial charge on any atom is -0.480 e. The third-order valence-electron chi connectivity index (χ3n) is 9.24. The molecule has 0 unspecified atom stereocenters. The van der Waals surface area contributed by atoms with Crippen molar-refractivity contribution in [3.8, 4) is 0 Å². The molecule has 0 spiro atoms. The quantitative estimate of drug-likeness (QED) is 0.309. The van der Waals surface area contributed by atoms with Gasteiger partial charge in [-0.2, -0.15) is 4.31 Å². The lowest BCUT2D eigenvalue weighted by atomic mass is 9.94. The van der Waals surface area contributed by atoms with Crippen LogP contribution in [-0.2, 0) is 24.3 Å². The van der Waals surface area contributed by atoms with Gasteiger partial charge in [0, 0.05) is 73.9 Å². The molecule has 2 aromatic rings. The standard InChI is InChI=1S/C32H41Cl2N7O8S/c33-23-18-24(34)20-26(19-23)50(47,48)41-10-1-2-28(41)29(42)37-27(30(43)44)21-36-31(45)39-11-5-22(6-12-39)7-17-49-32(46)40-15-13-38(14-16-40)25-3-8-35-9-4-25/h3-4,8-9,18-20,22,27-28H,1-2,5-7,10-17,21H2,(H,36,45)(H,37,42)(H,43,44)/t27-,28-/m0/s1. The summed E-state index contributed by atoms with van der Waals surface area (Å²) in [5, 5.41) is 15.0. The second-order valence-corrected chi connectivity index (χ2v) is 15.2. The Balaban J connectivity index is 1.02. The number of likely N-dealkylation sites (tertiary alicyclic amines) is 1. The van der Waals surface area contributed by atoms with Crippen molar-refractivity contribution >= 4 is 62.9 Å². The Hall–Kier alpha value is -3.86. The predicted octanol–water partition coefficient (Wildman–Crippen LogP) is 2.88. The van der Waals surface area contributed by atoms with Gasteiger partial charge in [-0.05, 0) is 68.4 Å². The lowest BCUT2D eigenvalue weighted by molar-refractivity contribution is -0.142. The number of carbonyl (C=O) groups excluding carboxylic acids is 3. The number of urea groups is 1. The highest BCUT2D eigenvalue weighted by Crippen LogP contribution is 2.30. The Labute approximate surface area is 300 Å². The molecule has 0 aliphatic carbocycles. The molecule has 3 saturated heterocycles. The molecular weight excluding hydrogens is 713 g/mol. The van der Waals surface area contributed by atoms with Gasteiger partial charge in [-0.3, -0.25) is 9.78 Å². The molecule has 1 aromatic carbocycles. The van der Waals surface area contributed by atoms with Crippen LogP contribution >= 0.6 is 23.2 Å². The zero-order valence-electron chi connectivity index (χ0n) is 27.4. The lowest BCUT2D eigenvalue weighted by Crippen LogP contribution is -2.55. The van der Waals surface area contributed by atoms with Crippen LogP contribution in [0.2, 0.25) is 10.0 Å². The first kappa shape index (κ1) is 37.4. The molecule has 0 saturated carbocycles. The molecule has 5 rings (SSSR count). The molecule has 4 heterocycles. The van der Waals surface area contributed by atoms with E-state index in [2.05, 4.69) is 20.5 Å². The van der Waals surface area contributed by atoms with Crippen LogP contribution in [-0.4, -0.2) is 128 Å². The van der Waals surface area contributed by atoms with Crippen molar-refractivity contribution in [2.75, 3.05) is 63.9 Å². The maximum atomic E-state index is 13.3. The van der Waals surface area contributed by atoms with Gasteiger partial charge in [-0.25, -0.2) is 22.8 Å². The number of carboxylic acid groups (broad SMARTS) is 1. The summed E-state index contributed by atoms with van der Waals surface area (Å²) in [5.41, 5.74) is 1.07. The van der Waals surface area contributed by atoms with Crippen molar-refractivity contribution in [3.63, 3.8) is 0 Å². The SMILES string of the molecule is O=C(O)[C@H](CNC(=O)N1CCC(CCOC(=O)N2CCN(c3ccncc3)CC2)CC1)NC(=O)[C@@H]1CCCN1S(=O)(=O)c1cc(Cl)cc(Cl)c1. The zero-order valence-corrected chi connectivity index (χ0v) is 29.7. The van der Waals surface area contributed by atoms with E-state index < -0.39 is 46.6 Å². The Kier molecular flexibility index (Phi) is 12.6. The van der Waals surface area contributed by atoms with Crippen LogP contribution in [0.25, 0.3) is 0 Å². The summed E-state index contributed by atoms with van der Waals surface area (Å²) in [6.45, 7) is 3.39. The number of nitrogens with zero attached hydrogens (tertiary/aromatic N) is 5. The van der Waals surface area contributed by atoms with Crippen molar-refractivity contribution in [2.24, 2.45) is 5.92 Å². The van der Waals surface area contributed by atoms with E-state index in [1.165, 1.54) is 18.2 Å². The fourth-order valence-corrected chi connectivity index (χ4v) is 8.79. The van der Waals surface area contributed by atoms with E-state index >= 15 is 0 Å². The highest BCUT2D eigenvalue weighted by molar-refractivity contribution is 7.89. The number of anilines is 1. The zero-order chi connectivity index (χ0) is 35.8. The van der Waals surface area contributed by atoms with E-state index in [0.29, 0.717) is 65.0 Å². The lowest BCUT2D eigenvalue weighted by Gasteiger charge is -2.35. The third-order valence-corrected chi connectivity index (χ3v) is 11.6. The molecule has 1 aromatic heterocycles. The van der Waals surface area contributed by atoms with Gasteiger partial charge in [0.25, 0.3) is 0 Å². The summed E-state index contributed by atoms with van der Waals surface area (Å²) in [6, 6.07) is 4.65. The topological polar surface area (TPSA) is 182 Å². The molecule has 3 aliphatic heterocycles. The average Bonchev–Trinajstić information content (AvgIpc) is 3.62. The number of amides is 4. The predicted molar refractivity (Wildman–Crippen MR) is 185 cm³/mol. The van der Waals surface area contributed by atoms with Gasteiger partial charge in [0.1, 0.15) is 12.1 Å². The Morgan fingerprint density at radius 3 is 2.22 bits per heavy atom. The molecule has 272 valence electrons. The van der Waals surface area contributed by atoms with E-state index in [1.54, 1.807) is 22.2 Å². The molecule has 3 N–H and O–H groups in total. The highest BCUT2D eigenvalue weighted by atomic mass is 35.5. The number of aromatic nitrogens is 1. The molecule has 2 atom stereocenters. The number of sulfonamides is 1. The van der Waals surface area contributed by atoms with Gasteiger partial charge in [0.05, 0.1) is 18.0 Å². The van der Waals surface area contributed by atoms with Crippen LogP contribution in [0, 0.1) is 5.92 Å². The molecule has 0 bridgehead atoms. The first-order valence-corrected chi connectivity index (χ1v) is 18.7. The Morgan fingerprint density at radius 1 is 0.920 bits per heavy atom. The van der Waals surface area contributed by atoms with Crippen molar-refractivity contribution in [1.29, 1.82) is 0 Å². The number of hydrogen-bond acceptors (Lipinski definition) is 9. The van der Waals surface area contributed by atoms with Crippen LogP contribution in [0.4, 0.5) is 15.3 Å². The summed E-state index contributed by atoms with van der Waals surface area (Å²) in [4.78, 5) is 60.0. The number of aliphatic carboxylic acids is 1. The number of halogens is 2. The number of rotatable bonds is 11. The summed E-state index contributed by atoms with van der Waals surface area (Å²) in [7, 11) is -4.16. The summed E-state index contributed by atoms with van der Waals surface area (Å²) in [6.07, 6.45) is 5.80. The van der Waals surface area contributed by atoms with E-state index in [0.717, 1.165) is 9.99 Å². The Morgan fingerprint density at radius 2 is 1.58 bits per heavy atom. The number of carboxylic acids is 1. The van der Waals surface area contributed by atoms with Gasteiger partial charge in [0.2, 0.25) is 15.9 Å². The fourth-order valence-electron chi connectivity index (χ4n) is 6.40. The largest absolute Gasteiger partial charge is 0.480 e. The molecule has 4 amide bonds. The van der Waals surface area contributed by atoms with Crippen LogP contribution in [0.15, 0.2) is 47.6 Å². The van der Waals surface area contributed by atoms with Crippen molar-refractivity contribution in [1.82, 2.24) is 29.7 Å². The first-order valence-electron chi connectivity index (χ1n) is 16.5. The molecule has 3 aliphatic rings. The van der Waals surface area contributed by atoms with Gasteiger partial charge in [0.15, 0.2) is 0 Å². The van der Waals surface area contributed by atoms with E-state index in [9.17, 15) is 32.7 Å². The summed E-state index contributed by atoms with van der Waals surface area (Å²) in [5.74, 6) is -1.90. The van der Waals surface area contributed by atoms with Crippen molar-refractivity contribution in [2.45, 2.75) is 49.1 Å².